The maximum Gasteiger partial charge on any atom is 0.253 e. The van der Waals surface area contributed by atoms with Gasteiger partial charge in [-0.25, -0.2) is 4.68 Å². The summed E-state index contributed by atoms with van der Waals surface area (Å²) in [4.78, 5) is 14.8. The van der Waals surface area contributed by atoms with Gasteiger partial charge in [-0.3, -0.25) is 4.79 Å². The Kier molecular flexibility index (Phi) is 5.91. The minimum Gasteiger partial charge on any atom is -0.486 e. The van der Waals surface area contributed by atoms with Crippen LogP contribution in [0.4, 0.5) is 0 Å². The molecule has 2 saturated heterocycles. The number of aliphatic hydroxyl groups is 1. The zero-order valence-electron chi connectivity index (χ0n) is 18.8. The van der Waals surface area contributed by atoms with Crippen molar-refractivity contribution in [3.05, 3.63) is 77.6 Å². The molecule has 0 radical (unpaired) electrons. The lowest BCUT2D eigenvalue weighted by atomic mass is 9.86. The molecule has 1 amide bonds. The highest BCUT2D eigenvalue weighted by Crippen LogP contribution is 2.28. The first-order valence-electron chi connectivity index (χ1n) is 11.5. The largest absolute Gasteiger partial charge is 0.486 e. The van der Waals surface area contributed by atoms with Gasteiger partial charge >= 0.3 is 0 Å². The van der Waals surface area contributed by atoms with E-state index < -0.39 is 5.60 Å². The zero-order valence-corrected chi connectivity index (χ0v) is 18.8. The number of aryl methyl sites for hydroxylation is 1. The van der Waals surface area contributed by atoms with Crippen molar-refractivity contribution in [1.29, 1.82) is 0 Å². The summed E-state index contributed by atoms with van der Waals surface area (Å²) >= 11 is 0. The Bertz CT molecular complexity index is 1100. The molecule has 2 aliphatic rings. The van der Waals surface area contributed by atoms with E-state index in [2.05, 4.69) is 24.2 Å². The van der Waals surface area contributed by atoms with Gasteiger partial charge in [0.05, 0.1) is 24.5 Å². The fourth-order valence-electron chi connectivity index (χ4n) is 4.36. The van der Waals surface area contributed by atoms with E-state index in [9.17, 15) is 9.90 Å². The SMILES string of the molecule is Cc1ccc(-n2nccc2CC2(O)CCN(C(=O)c3ccc(OC4COC4)cc3)CC2)cc1. The van der Waals surface area contributed by atoms with Crippen molar-refractivity contribution in [1.82, 2.24) is 14.7 Å². The van der Waals surface area contributed by atoms with Crippen molar-refractivity contribution in [2.24, 2.45) is 0 Å². The molecule has 1 N–H and O–H groups in total. The lowest BCUT2D eigenvalue weighted by molar-refractivity contribution is -0.0796. The third-order valence-corrected chi connectivity index (χ3v) is 6.50. The highest BCUT2D eigenvalue weighted by atomic mass is 16.6. The van der Waals surface area contributed by atoms with Gasteiger partial charge in [-0.2, -0.15) is 5.10 Å². The second kappa shape index (κ2) is 9.00. The number of ether oxygens (including phenoxy) is 2. The first-order chi connectivity index (χ1) is 16.0. The van der Waals surface area contributed by atoms with Crippen molar-refractivity contribution in [3.63, 3.8) is 0 Å². The number of piperidine rings is 1. The fraction of sp³-hybridized carbons (Fsp3) is 0.385. The van der Waals surface area contributed by atoms with Crippen LogP contribution in [0.5, 0.6) is 5.75 Å². The molecular weight excluding hydrogens is 418 g/mol. The highest BCUT2D eigenvalue weighted by Gasteiger charge is 2.35. The Morgan fingerprint density at radius 2 is 1.79 bits per heavy atom. The molecular formula is C26H29N3O4. The summed E-state index contributed by atoms with van der Waals surface area (Å²) in [6.45, 7) is 4.32. The van der Waals surface area contributed by atoms with Gasteiger partial charge in [0.15, 0.2) is 0 Å². The summed E-state index contributed by atoms with van der Waals surface area (Å²) < 4.78 is 12.8. The zero-order chi connectivity index (χ0) is 22.8. The molecule has 1 aromatic heterocycles. The van der Waals surface area contributed by atoms with E-state index in [0.717, 1.165) is 17.1 Å². The number of aromatic nitrogens is 2. The minimum absolute atomic E-state index is 0.0136. The van der Waals surface area contributed by atoms with Gasteiger partial charge in [0.2, 0.25) is 0 Å². The summed E-state index contributed by atoms with van der Waals surface area (Å²) in [5.41, 5.74) is 2.91. The quantitative estimate of drug-likeness (QED) is 0.628. The maximum absolute atomic E-state index is 13.0. The molecule has 2 aromatic carbocycles. The van der Waals surface area contributed by atoms with Crippen LogP contribution >= 0.6 is 0 Å². The van der Waals surface area contributed by atoms with Crippen molar-refractivity contribution in [3.8, 4) is 11.4 Å². The molecule has 2 fully saturated rings. The van der Waals surface area contributed by atoms with Crippen molar-refractivity contribution in [2.45, 2.75) is 37.9 Å². The number of likely N-dealkylation sites (tertiary alicyclic amines) is 1. The molecule has 3 heterocycles. The van der Waals surface area contributed by atoms with Crippen molar-refractivity contribution < 1.29 is 19.4 Å². The fourth-order valence-corrected chi connectivity index (χ4v) is 4.36. The Labute approximate surface area is 193 Å². The van der Waals surface area contributed by atoms with Crippen LogP contribution in [0, 0.1) is 6.92 Å². The number of amides is 1. The van der Waals surface area contributed by atoms with E-state index in [4.69, 9.17) is 9.47 Å². The number of nitrogens with zero attached hydrogens (tertiary/aromatic N) is 3. The van der Waals surface area contributed by atoms with Gasteiger partial charge < -0.3 is 19.5 Å². The highest BCUT2D eigenvalue weighted by molar-refractivity contribution is 5.94. The topological polar surface area (TPSA) is 76.8 Å². The van der Waals surface area contributed by atoms with Crippen LogP contribution in [0.25, 0.3) is 5.69 Å². The van der Waals surface area contributed by atoms with Crippen molar-refractivity contribution >= 4 is 5.91 Å². The molecule has 3 aromatic rings. The Morgan fingerprint density at radius 3 is 2.42 bits per heavy atom. The monoisotopic (exact) mass is 447 g/mol. The molecule has 7 nitrogen and oxygen atoms in total. The summed E-state index contributed by atoms with van der Waals surface area (Å²) in [5, 5.41) is 15.7. The molecule has 0 aliphatic carbocycles. The van der Waals surface area contributed by atoms with Gasteiger partial charge in [-0.05, 0) is 62.2 Å². The average molecular weight is 448 g/mol. The molecule has 0 unspecified atom stereocenters. The van der Waals surface area contributed by atoms with E-state index in [-0.39, 0.29) is 12.0 Å². The maximum atomic E-state index is 13.0. The number of carbonyl (C=O) groups excluding carboxylic acids is 1. The van der Waals surface area contributed by atoms with Gasteiger partial charge in [0.1, 0.15) is 11.9 Å². The van der Waals surface area contributed by atoms with Gasteiger partial charge in [-0.1, -0.05) is 17.7 Å². The van der Waals surface area contributed by atoms with Crippen LogP contribution < -0.4 is 4.74 Å². The van der Waals surface area contributed by atoms with E-state index in [0.29, 0.717) is 51.1 Å². The predicted octanol–water partition coefficient (Wildman–Crippen LogP) is 3.17. The second-order valence-corrected chi connectivity index (χ2v) is 9.06. The van der Waals surface area contributed by atoms with Crippen LogP contribution in [0.15, 0.2) is 60.8 Å². The standard InChI is InChI=1S/C26H29N3O4/c1-19-2-6-21(7-3-19)29-22(10-13-27-29)16-26(31)11-14-28(15-12-26)25(30)20-4-8-23(9-5-20)33-24-17-32-18-24/h2-10,13,24,31H,11-12,14-18H2,1H3. The predicted molar refractivity (Wildman–Crippen MR) is 124 cm³/mol. The lowest BCUT2D eigenvalue weighted by Crippen LogP contribution is -2.48. The van der Waals surface area contributed by atoms with E-state index in [1.54, 1.807) is 18.3 Å². The normalized spacial score (nSPS) is 18.1. The molecule has 0 bridgehead atoms. The minimum atomic E-state index is -0.859. The van der Waals surface area contributed by atoms with E-state index in [1.165, 1.54) is 5.56 Å². The van der Waals surface area contributed by atoms with Crippen LogP contribution in [0.3, 0.4) is 0 Å². The summed E-state index contributed by atoms with van der Waals surface area (Å²) in [5.74, 6) is 0.735. The number of hydrogen-bond acceptors (Lipinski definition) is 5. The smallest absolute Gasteiger partial charge is 0.253 e. The molecule has 33 heavy (non-hydrogen) atoms. The average Bonchev–Trinajstić information content (AvgIpc) is 3.25. The Morgan fingerprint density at radius 1 is 1.09 bits per heavy atom. The van der Waals surface area contributed by atoms with Crippen LogP contribution in [-0.2, 0) is 11.2 Å². The van der Waals surface area contributed by atoms with E-state index >= 15 is 0 Å². The van der Waals surface area contributed by atoms with Gasteiger partial charge in [0, 0.05) is 37.0 Å². The van der Waals surface area contributed by atoms with Crippen LogP contribution in [0.2, 0.25) is 0 Å². The van der Waals surface area contributed by atoms with Gasteiger partial charge in [0.25, 0.3) is 5.91 Å². The molecule has 7 heteroatoms. The molecule has 2 aliphatic heterocycles. The summed E-state index contributed by atoms with van der Waals surface area (Å²) in [6, 6.07) is 17.4. The molecule has 0 saturated carbocycles. The first-order valence-corrected chi connectivity index (χ1v) is 11.5. The Hall–Kier alpha value is -3.16. The third kappa shape index (κ3) is 4.79. The van der Waals surface area contributed by atoms with Crippen molar-refractivity contribution in [2.75, 3.05) is 26.3 Å². The lowest BCUT2D eigenvalue weighted by Gasteiger charge is -2.38. The Balaban J connectivity index is 1.19. The van der Waals surface area contributed by atoms with Crippen LogP contribution in [0.1, 0.15) is 34.5 Å². The van der Waals surface area contributed by atoms with E-state index in [1.807, 2.05) is 39.9 Å². The number of hydrogen-bond donors (Lipinski definition) is 1. The first kappa shape index (κ1) is 21.7. The number of rotatable bonds is 6. The van der Waals surface area contributed by atoms with Gasteiger partial charge in [-0.15, -0.1) is 0 Å². The van der Waals surface area contributed by atoms with Crippen LogP contribution in [-0.4, -0.2) is 63.7 Å². The molecule has 0 atom stereocenters. The third-order valence-electron chi connectivity index (χ3n) is 6.50. The summed E-state index contributed by atoms with van der Waals surface area (Å²) in [7, 11) is 0. The number of carbonyl (C=O) groups is 1. The molecule has 0 spiro atoms. The summed E-state index contributed by atoms with van der Waals surface area (Å²) in [6.07, 6.45) is 3.43. The number of benzene rings is 2. The second-order valence-electron chi connectivity index (χ2n) is 9.06. The molecule has 5 rings (SSSR count). The molecule has 172 valence electrons.